The van der Waals surface area contributed by atoms with Gasteiger partial charge in [0.1, 0.15) is 6.73 Å². The summed E-state index contributed by atoms with van der Waals surface area (Å²) >= 11 is 0. The van der Waals surface area contributed by atoms with Gasteiger partial charge >= 0.3 is 0 Å². The van der Waals surface area contributed by atoms with Crippen molar-refractivity contribution in [2.24, 2.45) is 0 Å². The molecule has 0 radical (unpaired) electrons. The third-order valence-electron chi connectivity index (χ3n) is 6.13. The molecule has 0 bridgehead atoms. The number of anilines is 1. The first kappa shape index (κ1) is 26.8. The maximum absolute atomic E-state index is 13.0. The fourth-order valence-electron chi connectivity index (χ4n) is 4.01. The number of hydrogen-bond acceptors (Lipinski definition) is 7. The Morgan fingerprint density at radius 1 is 1.05 bits per heavy atom. The van der Waals surface area contributed by atoms with E-state index in [4.69, 9.17) is 10.5 Å². The fourth-order valence-corrected chi connectivity index (χ4v) is 5.91. The lowest BCUT2D eigenvalue weighted by Gasteiger charge is -2.17. The summed E-state index contributed by atoms with van der Waals surface area (Å²) in [7, 11) is -5.04. The van der Waals surface area contributed by atoms with E-state index in [2.05, 4.69) is 29.6 Å². The lowest BCUT2D eigenvalue weighted by Crippen LogP contribution is -2.23. The average Bonchev–Trinajstić information content (AvgIpc) is 3.38. The third-order valence-corrected chi connectivity index (χ3v) is 9.92. The highest BCUT2D eigenvalue weighted by Gasteiger charge is 2.26. The topological polar surface area (TPSA) is 122 Å². The molecule has 0 unspecified atom stereocenters. The molecule has 0 fully saturated rings. The number of ether oxygens (including phenoxy) is 1. The highest BCUT2D eigenvalue weighted by molar-refractivity contribution is 7.90. The van der Waals surface area contributed by atoms with Crippen LogP contribution < -0.4 is 5.73 Å². The standard InChI is InChI=1S/C26H33N5O4SSi/c1-18(2)36(33,34)31-22-15-20(11-12-21(22)28-26(31)27)24-25(19-9-7-6-8-10-19)30(23(16-32)29-24)17-35-13-14-37(3,4)5/h6-12,15-16,18H,13-14,17H2,1-5H3,(H2,27,28). The van der Waals surface area contributed by atoms with Crippen molar-refractivity contribution >= 4 is 41.4 Å². The summed E-state index contributed by atoms with van der Waals surface area (Å²) in [5.74, 6) is 0.129. The first-order chi connectivity index (χ1) is 17.4. The van der Waals surface area contributed by atoms with Crippen molar-refractivity contribution in [2.45, 2.75) is 51.5 Å². The van der Waals surface area contributed by atoms with Crippen LogP contribution in [0.2, 0.25) is 25.7 Å². The summed E-state index contributed by atoms with van der Waals surface area (Å²) in [5.41, 5.74) is 9.58. The van der Waals surface area contributed by atoms with E-state index in [1.165, 1.54) is 0 Å². The molecule has 0 spiro atoms. The molecule has 0 atom stereocenters. The summed E-state index contributed by atoms with van der Waals surface area (Å²) in [6.07, 6.45) is 0.710. The van der Waals surface area contributed by atoms with Gasteiger partial charge in [0.2, 0.25) is 16.0 Å². The van der Waals surface area contributed by atoms with Crippen molar-refractivity contribution in [1.29, 1.82) is 0 Å². The van der Waals surface area contributed by atoms with E-state index < -0.39 is 23.3 Å². The Bertz CT molecular complexity index is 1540. The number of hydrogen-bond donors (Lipinski definition) is 1. The largest absolute Gasteiger partial charge is 0.368 e. The van der Waals surface area contributed by atoms with Crippen molar-refractivity contribution < 1.29 is 17.9 Å². The Kier molecular flexibility index (Phi) is 7.40. The van der Waals surface area contributed by atoms with Crippen LogP contribution in [0.3, 0.4) is 0 Å². The zero-order chi connectivity index (χ0) is 27.0. The molecule has 2 N–H and O–H groups in total. The second kappa shape index (κ2) is 10.2. The maximum Gasteiger partial charge on any atom is 0.244 e. The first-order valence-corrected chi connectivity index (χ1v) is 17.4. The van der Waals surface area contributed by atoms with E-state index in [1.54, 1.807) is 36.6 Å². The molecule has 2 aromatic carbocycles. The Morgan fingerprint density at radius 2 is 1.76 bits per heavy atom. The number of aldehydes is 1. The molecule has 4 rings (SSSR count). The summed E-state index contributed by atoms with van der Waals surface area (Å²) in [4.78, 5) is 21.0. The van der Waals surface area contributed by atoms with Crippen LogP contribution in [-0.2, 0) is 21.5 Å². The predicted molar refractivity (Wildman–Crippen MR) is 150 cm³/mol. The van der Waals surface area contributed by atoms with Gasteiger partial charge in [-0.1, -0.05) is 56.0 Å². The van der Waals surface area contributed by atoms with E-state index in [9.17, 15) is 13.2 Å². The molecule has 0 aliphatic rings. The van der Waals surface area contributed by atoms with Crippen LogP contribution in [0, 0.1) is 0 Å². The summed E-state index contributed by atoms with van der Waals surface area (Å²) in [6, 6.07) is 15.9. The second-order valence-electron chi connectivity index (χ2n) is 10.5. The zero-order valence-corrected chi connectivity index (χ0v) is 23.6. The van der Waals surface area contributed by atoms with E-state index in [0.29, 0.717) is 40.9 Å². The second-order valence-corrected chi connectivity index (χ2v) is 18.4. The number of rotatable bonds is 10. The van der Waals surface area contributed by atoms with Gasteiger partial charge in [0.25, 0.3) is 0 Å². The minimum Gasteiger partial charge on any atom is -0.368 e. The Balaban J connectivity index is 1.88. The molecule has 11 heteroatoms. The lowest BCUT2D eigenvalue weighted by atomic mass is 10.0. The van der Waals surface area contributed by atoms with Crippen LogP contribution in [-0.4, -0.2) is 53.1 Å². The number of nitrogens with zero attached hydrogens (tertiary/aromatic N) is 4. The Labute approximate surface area is 218 Å². The van der Waals surface area contributed by atoms with Gasteiger partial charge < -0.3 is 10.5 Å². The molecule has 196 valence electrons. The Hall–Kier alpha value is -3.28. The molecular weight excluding hydrogens is 506 g/mol. The molecule has 2 aromatic heterocycles. The van der Waals surface area contributed by atoms with Crippen LogP contribution in [0.15, 0.2) is 48.5 Å². The molecule has 0 saturated heterocycles. The van der Waals surface area contributed by atoms with Crippen LogP contribution in [0.4, 0.5) is 5.95 Å². The molecule has 37 heavy (non-hydrogen) atoms. The van der Waals surface area contributed by atoms with E-state index in [0.717, 1.165) is 15.6 Å². The van der Waals surface area contributed by atoms with E-state index >= 15 is 0 Å². The summed E-state index contributed by atoms with van der Waals surface area (Å²) < 4.78 is 34.9. The highest BCUT2D eigenvalue weighted by Crippen LogP contribution is 2.35. The van der Waals surface area contributed by atoms with Gasteiger partial charge in [-0.05, 0) is 32.0 Å². The number of fused-ring (bicyclic) bond motifs is 1. The number of aromatic nitrogens is 4. The van der Waals surface area contributed by atoms with E-state index in [1.807, 2.05) is 30.3 Å². The van der Waals surface area contributed by atoms with Crippen molar-refractivity contribution in [1.82, 2.24) is 18.5 Å². The number of nitrogen functional groups attached to an aromatic ring is 1. The van der Waals surface area contributed by atoms with Gasteiger partial charge in [-0.15, -0.1) is 0 Å². The van der Waals surface area contributed by atoms with Gasteiger partial charge in [-0.25, -0.2) is 22.4 Å². The normalized spacial score (nSPS) is 12.5. The average molecular weight is 540 g/mol. The summed E-state index contributed by atoms with van der Waals surface area (Å²) in [6.45, 7) is 10.8. The highest BCUT2D eigenvalue weighted by atomic mass is 32.2. The fraction of sp³-hybridized carbons (Fsp3) is 0.346. The van der Waals surface area contributed by atoms with Crippen LogP contribution >= 0.6 is 0 Å². The molecule has 0 amide bonds. The van der Waals surface area contributed by atoms with Gasteiger partial charge in [0, 0.05) is 25.8 Å². The molecule has 9 nitrogen and oxygen atoms in total. The smallest absolute Gasteiger partial charge is 0.244 e. The minimum atomic E-state index is -3.76. The molecule has 4 aromatic rings. The van der Waals surface area contributed by atoms with Crippen LogP contribution in [0.5, 0.6) is 0 Å². The first-order valence-electron chi connectivity index (χ1n) is 12.2. The van der Waals surface area contributed by atoms with E-state index in [-0.39, 0.29) is 18.5 Å². The third kappa shape index (κ3) is 5.38. The number of carbonyl (C=O) groups is 1. The van der Waals surface area contributed by atoms with Gasteiger partial charge in [0.05, 0.1) is 27.7 Å². The van der Waals surface area contributed by atoms with Crippen LogP contribution in [0.25, 0.3) is 33.5 Å². The molecule has 2 heterocycles. The molecule has 0 aliphatic heterocycles. The SMILES string of the molecule is CC(C)S(=O)(=O)n1c(N)nc2ccc(-c3nc(C=O)n(COCC[Si](C)(C)C)c3-c3ccccc3)cc21. The number of imidazole rings is 2. The van der Waals surface area contributed by atoms with Crippen LogP contribution in [0.1, 0.15) is 24.5 Å². The van der Waals surface area contributed by atoms with Crippen molar-refractivity contribution in [3.05, 3.63) is 54.4 Å². The molecule has 0 saturated carbocycles. The minimum absolute atomic E-state index is 0.0981. The molecular formula is C26H33N5O4SSi. The lowest BCUT2D eigenvalue weighted by molar-refractivity contribution is 0.0841. The quantitative estimate of drug-likeness (QED) is 0.173. The molecule has 0 aliphatic carbocycles. The van der Waals surface area contributed by atoms with Crippen molar-refractivity contribution in [3.63, 3.8) is 0 Å². The summed E-state index contributed by atoms with van der Waals surface area (Å²) in [5, 5.41) is -0.690. The predicted octanol–water partition coefficient (Wildman–Crippen LogP) is 4.86. The monoisotopic (exact) mass is 539 g/mol. The van der Waals surface area contributed by atoms with Gasteiger partial charge in [0.15, 0.2) is 12.1 Å². The number of benzene rings is 2. The van der Waals surface area contributed by atoms with Gasteiger partial charge in [-0.3, -0.25) is 9.36 Å². The maximum atomic E-state index is 13.0. The van der Waals surface area contributed by atoms with Crippen molar-refractivity contribution in [3.8, 4) is 22.5 Å². The van der Waals surface area contributed by atoms with Gasteiger partial charge in [-0.2, -0.15) is 0 Å². The Morgan fingerprint density at radius 3 is 2.38 bits per heavy atom. The number of nitrogens with two attached hydrogens (primary N) is 1. The van der Waals surface area contributed by atoms with Crippen molar-refractivity contribution in [2.75, 3.05) is 12.3 Å². The number of carbonyl (C=O) groups excluding carboxylic acids is 1. The zero-order valence-electron chi connectivity index (χ0n) is 21.8.